The highest BCUT2D eigenvalue weighted by Gasteiger charge is 2.39. The van der Waals surface area contributed by atoms with E-state index in [1.807, 2.05) is 24.9 Å². The summed E-state index contributed by atoms with van der Waals surface area (Å²) in [5.74, 6) is 0.500. The van der Waals surface area contributed by atoms with Gasteiger partial charge < -0.3 is 24.4 Å². The highest BCUT2D eigenvalue weighted by molar-refractivity contribution is 5.92. The van der Waals surface area contributed by atoms with E-state index in [0.717, 1.165) is 18.4 Å². The lowest BCUT2D eigenvalue weighted by Gasteiger charge is -2.41. The van der Waals surface area contributed by atoms with Gasteiger partial charge in [-0.05, 0) is 25.3 Å². The average molecular weight is 431 g/mol. The molecule has 0 spiro atoms. The zero-order valence-electron chi connectivity index (χ0n) is 18.1. The number of carbonyl (C=O) groups is 2. The largest absolute Gasteiger partial charge is 0.379 e. The van der Waals surface area contributed by atoms with Gasteiger partial charge in [-0.3, -0.25) is 9.48 Å². The van der Waals surface area contributed by atoms with Gasteiger partial charge in [-0.2, -0.15) is 5.10 Å². The molecule has 0 radical (unpaired) electrons. The third-order valence-electron chi connectivity index (χ3n) is 5.84. The van der Waals surface area contributed by atoms with Crippen molar-refractivity contribution < 1.29 is 18.8 Å². The van der Waals surface area contributed by atoms with Crippen molar-refractivity contribution in [2.75, 3.05) is 39.4 Å². The minimum Gasteiger partial charge on any atom is -0.379 e. The lowest BCUT2D eigenvalue weighted by molar-refractivity contribution is 0.0424. The summed E-state index contributed by atoms with van der Waals surface area (Å²) in [7, 11) is 0. The molecule has 0 saturated carbocycles. The maximum absolute atomic E-state index is 13.0. The van der Waals surface area contributed by atoms with Crippen LogP contribution in [0.4, 0.5) is 4.79 Å². The SMILES string of the molecule is CCCNC(=O)N1CCOC[C@H]2CN(C(=O)c3cc(Cn4cc(C)cn4)on3)CC[C@H]21. The quantitative estimate of drug-likeness (QED) is 0.771. The molecule has 0 aromatic carbocycles. The fourth-order valence-corrected chi connectivity index (χ4v) is 4.29. The van der Waals surface area contributed by atoms with Crippen molar-refractivity contribution in [1.29, 1.82) is 0 Å². The number of aryl methyl sites for hydroxylation is 1. The molecule has 2 atom stereocenters. The minimum atomic E-state index is -0.156. The van der Waals surface area contributed by atoms with Crippen LogP contribution in [0.15, 0.2) is 23.0 Å². The monoisotopic (exact) mass is 430 g/mol. The molecule has 3 amide bonds. The Balaban J connectivity index is 1.39. The van der Waals surface area contributed by atoms with E-state index in [1.54, 1.807) is 21.8 Å². The van der Waals surface area contributed by atoms with E-state index in [9.17, 15) is 9.59 Å². The van der Waals surface area contributed by atoms with E-state index in [4.69, 9.17) is 9.26 Å². The predicted octanol–water partition coefficient (Wildman–Crippen LogP) is 1.51. The van der Waals surface area contributed by atoms with Gasteiger partial charge in [0.25, 0.3) is 5.91 Å². The van der Waals surface area contributed by atoms with Gasteiger partial charge in [-0.1, -0.05) is 12.1 Å². The number of nitrogens with one attached hydrogen (secondary N) is 1. The molecular formula is C21H30N6O4. The second-order valence-electron chi connectivity index (χ2n) is 8.26. The third kappa shape index (κ3) is 4.90. The van der Waals surface area contributed by atoms with Crippen LogP contribution in [-0.2, 0) is 11.3 Å². The van der Waals surface area contributed by atoms with E-state index in [1.165, 1.54) is 0 Å². The van der Waals surface area contributed by atoms with Crippen LogP contribution in [0.25, 0.3) is 0 Å². The standard InChI is InChI=1S/C21H30N6O4/c1-3-5-22-21(29)27-7-8-30-14-16-12-25(6-4-19(16)27)20(28)18-9-17(31-24-18)13-26-11-15(2)10-23-26/h9-11,16,19H,3-8,12-14H2,1-2H3,(H,22,29)/t16-,19-/m1/s1. The Labute approximate surface area is 181 Å². The highest BCUT2D eigenvalue weighted by atomic mass is 16.5. The molecule has 4 heterocycles. The molecule has 0 bridgehead atoms. The van der Waals surface area contributed by atoms with E-state index in [-0.39, 0.29) is 23.9 Å². The van der Waals surface area contributed by atoms with Gasteiger partial charge in [0.2, 0.25) is 0 Å². The first-order chi connectivity index (χ1) is 15.0. The molecule has 10 nitrogen and oxygen atoms in total. The number of nitrogens with zero attached hydrogens (tertiary/aromatic N) is 5. The number of likely N-dealkylation sites (tertiary alicyclic amines) is 1. The van der Waals surface area contributed by atoms with Crippen molar-refractivity contribution in [1.82, 2.24) is 30.1 Å². The highest BCUT2D eigenvalue weighted by Crippen LogP contribution is 2.26. The Kier molecular flexibility index (Phi) is 6.55. The summed E-state index contributed by atoms with van der Waals surface area (Å²) in [6.45, 7) is 7.80. The van der Waals surface area contributed by atoms with Crippen LogP contribution < -0.4 is 5.32 Å². The number of carbonyl (C=O) groups excluding carboxylic acids is 2. The lowest BCUT2D eigenvalue weighted by Crippen LogP contribution is -2.56. The van der Waals surface area contributed by atoms with E-state index >= 15 is 0 Å². The molecule has 31 heavy (non-hydrogen) atoms. The molecule has 2 aromatic heterocycles. The fraction of sp³-hybridized carbons (Fsp3) is 0.619. The molecule has 10 heteroatoms. The molecule has 2 aliphatic rings. The first kappa shape index (κ1) is 21.4. The second kappa shape index (κ2) is 9.51. The Morgan fingerprint density at radius 3 is 2.97 bits per heavy atom. The Bertz CT molecular complexity index is 909. The Morgan fingerprint density at radius 2 is 2.19 bits per heavy atom. The molecule has 1 N–H and O–H groups in total. The van der Waals surface area contributed by atoms with Crippen molar-refractivity contribution in [2.24, 2.45) is 5.92 Å². The van der Waals surface area contributed by atoms with Gasteiger partial charge in [0.1, 0.15) is 6.54 Å². The van der Waals surface area contributed by atoms with Gasteiger partial charge in [0.15, 0.2) is 11.5 Å². The fourth-order valence-electron chi connectivity index (χ4n) is 4.29. The second-order valence-corrected chi connectivity index (χ2v) is 8.26. The normalized spacial score (nSPS) is 21.5. The summed E-state index contributed by atoms with van der Waals surface area (Å²) in [4.78, 5) is 29.3. The molecule has 0 aliphatic carbocycles. The lowest BCUT2D eigenvalue weighted by atomic mass is 9.91. The molecule has 4 rings (SSSR count). The Hall–Kier alpha value is -2.88. The minimum absolute atomic E-state index is 0.0443. The average Bonchev–Trinajstić information content (AvgIpc) is 3.34. The number of piperidine rings is 1. The molecule has 2 fully saturated rings. The van der Waals surface area contributed by atoms with Gasteiger partial charge in [-0.25, -0.2) is 4.79 Å². The predicted molar refractivity (Wildman–Crippen MR) is 112 cm³/mol. The van der Waals surface area contributed by atoms with Crippen molar-refractivity contribution >= 4 is 11.9 Å². The summed E-state index contributed by atoms with van der Waals surface area (Å²) < 4.78 is 12.9. The topological polar surface area (TPSA) is 106 Å². The van der Waals surface area contributed by atoms with Crippen molar-refractivity contribution in [2.45, 2.75) is 39.3 Å². The molecule has 2 aromatic rings. The summed E-state index contributed by atoms with van der Waals surface area (Å²) >= 11 is 0. The third-order valence-corrected chi connectivity index (χ3v) is 5.84. The molecule has 2 aliphatic heterocycles. The van der Waals surface area contributed by atoms with Crippen molar-refractivity contribution in [3.8, 4) is 0 Å². The van der Waals surface area contributed by atoms with E-state index < -0.39 is 0 Å². The van der Waals surface area contributed by atoms with Gasteiger partial charge in [0.05, 0.1) is 19.4 Å². The number of urea groups is 1. The molecule has 168 valence electrons. The summed E-state index contributed by atoms with van der Waals surface area (Å²) in [5, 5.41) is 11.2. The number of ether oxygens (including phenoxy) is 1. The first-order valence-corrected chi connectivity index (χ1v) is 10.9. The Morgan fingerprint density at radius 1 is 1.32 bits per heavy atom. The zero-order chi connectivity index (χ0) is 21.8. The summed E-state index contributed by atoms with van der Waals surface area (Å²) in [6, 6.07) is 1.70. The number of aromatic nitrogens is 3. The summed E-state index contributed by atoms with van der Waals surface area (Å²) in [6.07, 6.45) is 5.29. The summed E-state index contributed by atoms with van der Waals surface area (Å²) in [5.41, 5.74) is 1.35. The van der Waals surface area contributed by atoms with Crippen LogP contribution in [0.1, 0.15) is 41.6 Å². The van der Waals surface area contributed by atoms with Gasteiger partial charge >= 0.3 is 6.03 Å². The molecular weight excluding hydrogens is 400 g/mol. The van der Waals surface area contributed by atoms with Crippen LogP contribution in [0.5, 0.6) is 0 Å². The number of amides is 3. The van der Waals surface area contributed by atoms with Crippen LogP contribution in [0.2, 0.25) is 0 Å². The van der Waals surface area contributed by atoms with E-state index in [0.29, 0.717) is 57.4 Å². The first-order valence-electron chi connectivity index (χ1n) is 10.9. The maximum atomic E-state index is 13.0. The maximum Gasteiger partial charge on any atom is 0.317 e. The molecule has 0 unspecified atom stereocenters. The van der Waals surface area contributed by atoms with Gasteiger partial charge in [-0.15, -0.1) is 0 Å². The zero-order valence-corrected chi connectivity index (χ0v) is 18.1. The number of fused-ring (bicyclic) bond motifs is 1. The van der Waals surface area contributed by atoms with Gasteiger partial charge in [0, 0.05) is 50.4 Å². The smallest absolute Gasteiger partial charge is 0.317 e. The number of hydrogen-bond acceptors (Lipinski definition) is 6. The van der Waals surface area contributed by atoms with Crippen molar-refractivity contribution in [3.05, 3.63) is 35.5 Å². The van der Waals surface area contributed by atoms with Crippen LogP contribution in [0.3, 0.4) is 0 Å². The number of hydrogen-bond donors (Lipinski definition) is 1. The van der Waals surface area contributed by atoms with E-state index in [2.05, 4.69) is 15.6 Å². The van der Waals surface area contributed by atoms with Crippen LogP contribution >= 0.6 is 0 Å². The van der Waals surface area contributed by atoms with Crippen LogP contribution in [-0.4, -0.2) is 82.1 Å². The molecule has 2 saturated heterocycles. The number of rotatable bonds is 5. The van der Waals surface area contributed by atoms with Crippen molar-refractivity contribution in [3.63, 3.8) is 0 Å². The van der Waals surface area contributed by atoms with Crippen LogP contribution in [0, 0.1) is 12.8 Å².